The highest BCUT2D eigenvalue weighted by atomic mass is 32.2. The molecule has 2 atom stereocenters. The maximum absolute atomic E-state index is 10.6. The summed E-state index contributed by atoms with van der Waals surface area (Å²) in [6, 6.07) is 0. The molecular formula is C7H12O2S. The zero-order chi connectivity index (χ0) is 7.56. The summed E-state index contributed by atoms with van der Waals surface area (Å²) >= 11 is 1.69. The standard InChI is InChI=1S/C7H12O2S/c1-10-6-4-2-3-5(6)7(8)9/h5-6H,2-4H2,1H3,(H,8,9)/t5-,6+/m0/s1. The first-order valence-corrected chi connectivity index (χ1v) is 4.80. The van der Waals surface area contributed by atoms with Gasteiger partial charge < -0.3 is 5.11 Å². The van der Waals surface area contributed by atoms with Gasteiger partial charge in [0.25, 0.3) is 0 Å². The van der Waals surface area contributed by atoms with Gasteiger partial charge in [-0.25, -0.2) is 0 Å². The molecule has 10 heavy (non-hydrogen) atoms. The molecule has 1 N–H and O–H groups in total. The number of aliphatic carboxylic acids is 1. The molecule has 0 aliphatic heterocycles. The number of rotatable bonds is 2. The van der Waals surface area contributed by atoms with Gasteiger partial charge in [0.15, 0.2) is 0 Å². The molecule has 1 aliphatic carbocycles. The molecule has 1 saturated carbocycles. The molecule has 0 radical (unpaired) electrons. The Morgan fingerprint density at radius 1 is 1.60 bits per heavy atom. The predicted molar refractivity (Wildman–Crippen MR) is 42.3 cm³/mol. The normalized spacial score (nSPS) is 32.5. The Kier molecular flexibility index (Phi) is 2.60. The highest BCUT2D eigenvalue weighted by Crippen LogP contribution is 2.33. The van der Waals surface area contributed by atoms with E-state index in [1.807, 2.05) is 6.26 Å². The van der Waals surface area contributed by atoms with Gasteiger partial charge in [0, 0.05) is 5.25 Å². The molecule has 0 unspecified atom stereocenters. The lowest BCUT2D eigenvalue weighted by Gasteiger charge is -2.11. The molecule has 1 rings (SSSR count). The van der Waals surface area contributed by atoms with E-state index in [1.54, 1.807) is 11.8 Å². The second-order valence-electron chi connectivity index (χ2n) is 2.65. The molecule has 0 aromatic rings. The fourth-order valence-electron chi connectivity index (χ4n) is 1.49. The molecule has 3 heteroatoms. The first kappa shape index (κ1) is 7.92. The van der Waals surface area contributed by atoms with Crippen LogP contribution < -0.4 is 0 Å². The lowest BCUT2D eigenvalue weighted by Crippen LogP contribution is -2.19. The predicted octanol–water partition coefficient (Wildman–Crippen LogP) is 1.60. The van der Waals surface area contributed by atoms with Crippen LogP contribution in [0, 0.1) is 5.92 Å². The van der Waals surface area contributed by atoms with E-state index in [0.717, 1.165) is 19.3 Å². The Morgan fingerprint density at radius 2 is 2.30 bits per heavy atom. The molecule has 1 aliphatic rings. The highest BCUT2D eigenvalue weighted by molar-refractivity contribution is 7.99. The smallest absolute Gasteiger partial charge is 0.307 e. The average Bonchev–Trinajstić information content (AvgIpc) is 2.33. The number of carboxylic acids is 1. The van der Waals surface area contributed by atoms with E-state index in [1.165, 1.54) is 0 Å². The van der Waals surface area contributed by atoms with Gasteiger partial charge in [-0.1, -0.05) is 6.42 Å². The van der Waals surface area contributed by atoms with Gasteiger partial charge in [-0.2, -0.15) is 11.8 Å². The Hall–Kier alpha value is -0.180. The van der Waals surface area contributed by atoms with Crippen molar-refractivity contribution in [1.29, 1.82) is 0 Å². The summed E-state index contributed by atoms with van der Waals surface area (Å²) in [7, 11) is 0. The molecular weight excluding hydrogens is 148 g/mol. The first-order valence-electron chi connectivity index (χ1n) is 3.51. The van der Waals surface area contributed by atoms with Crippen molar-refractivity contribution in [2.75, 3.05) is 6.26 Å². The first-order chi connectivity index (χ1) is 4.75. The zero-order valence-electron chi connectivity index (χ0n) is 6.04. The van der Waals surface area contributed by atoms with Crippen molar-refractivity contribution in [1.82, 2.24) is 0 Å². The Labute approximate surface area is 65.0 Å². The van der Waals surface area contributed by atoms with E-state index in [-0.39, 0.29) is 5.92 Å². The summed E-state index contributed by atoms with van der Waals surface area (Å²) < 4.78 is 0. The molecule has 0 amide bonds. The lowest BCUT2D eigenvalue weighted by molar-refractivity contribution is -0.141. The van der Waals surface area contributed by atoms with Crippen LogP contribution in [0.25, 0.3) is 0 Å². The van der Waals surface area contributed by atoms with E-state index in [9.17, 15) is 4.79 Å². The van der Waals surface area contributed by atoms with Crippen LogP contribution in [0.15, 0.2) is 0 Å². The van der Waals surface area contributed by atoms with E-state index in [0.29, 0.717) is 5.25 Å². The van der Waals surface area contributed by atoms with E-state index in [4.69, 9.17) is 5.11 Å². The van der Waals surface area contributed by atoms with Crippen molar-refractivity contribution >= 4 is 17.7 Å². The third-order valence-electron chi connectivity index (χ3n) is 2.07. The topological polar surface area (TPSA) is 37.3 Å². The van der Waals surface area contributed by atoms with Crippen LogP contribution in [-0.4, -0.2) is 22.6 Å². The number of carbonyl (C=O) groups is 1. The minimum Gasteiger partial charge on any atom is -0.481 e. The molecule has 0 heterocycles. The fourth-order valence-corrected chi connectivity index (χ4v) is 2.47. The summed E-state index contributed by atoms with van der Waals surface area (Å²) in [5, 5.41) is 9.07. The van der Waals surface area contributed by atoms with Crippen LogP contribution in [0.4, 0.5) is 0 Å². The second-order valence-corrected chi connectivity index (χ2v) is 3.73. The van der Waals surface area contributed by atoms with Gasteiger partial charge >= 0.3 is 5.97 Å². The van der Waals surface area contributed by atoms with Crippen molar-refractivity contribution in [3.63, 3.8) is 0 Å². The number of thioether (sulfide) groups is 1. The molecule has 0 aromatic carbocycles. The minimum absolute atomic E-state index is 0.0741. The van der Waals surface area contributed by atoms with Crippen LogP contribution in [0.2, 0.25) is 0 Å². The average molecular weight is 160 g/mol. The van der Waals surface area contributed by atoms with Gasteiger partial charge in [0.05, 0.1) is 5.92 Å². The molecule has 2 nitrogen and oxygen atoms in total. The third-order valence-corrected chi connectivity index (χ3v) is 3.24. The summed E-state index contributed by atoms with van der Waals surface area (Å²) in [4.78, 5) is 10.6. The van der Waals surface area contributed by atoms with Gasteiger partial charge in [0.2, 0.25) is 0 Å². The molecule has 58 valence electrons. The quantitative estimate of drug-likeness (QED) is 0.666. The van der Waals surface area contributed by atoms with Gasteiger partial charge in [0.1, 0.15) is 0 Å². The van der Waals surface area contributed by atoms with Crippen molar-refractivity contribution in [3.05, 3.63) is 0 Å². The van der Waals surface area contributed by atoms with Crippen LogP contribution in [0.3, 0.4) is 0 Å². The van der Waals surface area contributed by atoms with Crippen LogP contribution in [-0.2, 0) is 4.79 Å². The summed E-state index contributed by atoms with van der Waals surface area (Å²) in [6.45, 7) is 0. The largest absolute Gasteiger partial charge is 0.481 e. The fraction of sp³-hybridized carbons (Fsp3) is 0.857. The minimum atomic E-state index is -0.614. The lowest BCUT2D eigenvalue weighted by atomic mass is 10.1. The molecule has 0 spiro atoms. The maximum Gasteiger partial charge on any atom is 0.307 e. The summed E-state index contributed by atoms with van der Waals surface area (Å²) in [5.74, 6) is -0.688. The van der Waals surface area contributed by atoms with Crippen LogP contribution in [0.5, 0.6) is 0 Å². The monoisotopic (exact) mass is 160 g/mol. The second kappa shape index (κ2) is 3.28. The highest BCUT2D eigenvalue weighted by Gasteiger charge is 2.31. The number of hydrogen-bond donors (Lipinski definition) is 1. The number of hydrogen-bond acceptors (Lipinski definition) is 2. The van der Waals surface area contributed by atoms with E-state index < -0.39 is 5.97 Å². The Bertz CT molecular complexity index is 136. The third kappa shape index (κ3) is 1.45. The van der Waals surface area contributed by atoms with Crippen LogP contribution >= 0.6 is 11.8 Å². The zero-order valence-corrected chi connectivity index (χ0v) is 6.86. The number of carboxylic acid groups (broad SMARTS) is 1. The van der Waals surface area contributed by atoms with Crippen molar-refractivity contribution in [2.45, 2.75) is 24.5 Å². The van der Waals surface area contributed by atoms with Gasteiger partial charge in [-0.15, -0.1) is 0 Å². The summed E-state index contributed by atoms with van der Waals surface area (Å²) in [6.07, 6.45) is 5.04. The molecule has 1 fully saturated rings. The van der Waals surface area contributed by atoms with Gasteiger partial charge in [-0.05, 0) is 19.1 Å². The van der Waals surface area contributed by atoms with Gasteiger partial charge in [-0.3, -0.25) is 4.79 Å². The maximum atomic E-state index is 10.6. The molecule has 0 bridgehead atoms. The van der Waals surface area contributed by atoms with E-state index in [2.05, 4.69) is 0 Å². The van der Waals surface area contributed by atoms with Crippen molar-refractivity contribution < 1.29 is 9.90 Å². The summed E-state index contributed by atoms with van der Waals surface area (Å²) in [5.41, 5.74) is 0. The van der Waals surface area contributed by atoms with Crippen molar-refractivity contribution in [3.8, 4) is 0 Å². The van der Waals surface area contributed by atoms with E-state index >= 15 is 0 Å². The Balaban J connectivity index is 2.50. The van der Waals surface area contributed by atoms with Crippen molar-refractivity contribution in [2.24, 2.45) is 5.92 Å². The Morgan fingerprint density at radius 3 is 2.70 bits per heavy atom. The van der Waals surface area contributed by atoms with Crippen LogP contribution in [0.1, 0.15) is 19.3 Å². The SMILES string of the molecule is CS[C@@H]1CCC[C@@H]1C(=O)O. The molecule has 0 saturated heterocycles. The molecule has 0 aromatic heterocycles.